The van der Waals surface area contributed by atoms with Crippen LogP contribution in [0.15, 0.2) is 48.5 Å². The average molecular weight is 420 g/mol. The van der Waals surface area contributed by atoms with E-state index in [1.807, 2.05) is 29.2 Å². The molecule has 0 saturated carbocycles. The Morgan fingerprint density at radius 2 is 1.74 bits per heavy atom. The molecule has 1 heterocycles. The highest BCUT2D eigenvalue weighted by atomic mass is 127. The Balaban J connectivity index is 1.58. The molecule has 1 aliphatic heterocycles. The molecule has 1 fully saturated rings. The molecule has 0 radical (unpaired) electrons. The van der Waals surface area contributed by atoms with Crippen molar-refractivity contribution in [3.8, 4) is 0 Å². The third-order valence-corrected chi connectivity index (χ3v) is 5.49. The lowest BCUT2D eigenvalue weighted by Gasteiger charge is -2.34. The van der Waals surface area contributed by atoms with Crippen LogP contribution < -0.4 is 0 Å². The number of nitrogens with zero attached hydrogens (tertiary/aromatic N) is 2. The summed E-state index contributed by atoms with van der Waals surface area (Å²) in [5, 5.41) is 0. The van der Waals surface area contributed by atoms with Gasteiger partial charge in [0.15, 0.2) is 0 Å². The third-order valence-electron chi connectivity index (χ3n) is 4.33. The van der Waals surface area contributed by atoms with Crippen molar-refractivity contribution in [2.45, 2.75) is 13.5 Å². The number of hydrogen-bond donors (Lipinski definition) is 0. The summed E-state index contributed by atoms with van der Waals surface area (Å²) in [6, 6.07) is 16.5. The molecule has 23 heavy (non-hydrogen) atoms. The largest absolute Gasteiger partial charge is 0.336 e. The number of rotatable bonds is 3. The fourth-order valence-corrected chi connectivity index (χ4v) is 3.37. The van der Waals surface area contributed by atoms with Crippen LogP contribution in [-0.4, -0.2) is 41.9 Å². The van der Waals surface area contributed by atoms with Crippen LogP contribution in [0.1, 0.15) is 21.5 Å². The highest BCUT2D eigenvalue weighted by Gasteiger charge is 2.22. The zero-order chi connectivity index (χ0) is 16.2. The summed E-state index contributed by atoms with van der Waals surface area (Å²) in [4.78, 5) is 17.0. The van der Waals surface area contributed by atoms with E-state index >= 15 is 0 Å². The molecule has 0 aliphatic carbocycles. The number of halogens is 1. The van der Waals surface area contributed by atoms with E-state index in [0.29, 0.717) is 0 Å². The van der Waals surface area contributed by atoms with Gasteiger partial charge in [-0.15, -0.1) is 0 Å². The van der Waals surface area contributed by atoms with Crippen LogP contribution in [0.2, 0.25) is 0 Å². The van der Waals surface area contributed by atoms with E-state index in [1.165, 1.54) is 11.1 Å². The topological polar surface area (TPSA) is 23.6 Å². The van der Waals surface area contributed by atoms with Gasteiger partial charge in [0.1, 0.15) is 0 Å². The predicted molar refractivity (Wildman–Crippen MR) is 102 cm³/mol. The zero-order valence-electron chi connectivity index (χ0n) is 13.3. The van der Waals surface area contributed by atoms with Crippen LogP contribution in [0.4, 0.5) is 0 Å². The average Bonchev–Trinajstić information content (AvgIpc) is 2.58. The van der Waals surface area contributed by atoms with Gasteiger partial charge in [0.2, 0.25) is 0 Å². The summed E-state index contributed by atoms with van der Waals surface area (Å²) in [5.74, 6) is 0.155. The van der Waals surface area contributed by atoms with Gasteiger partial charge in [-0.05, 0) is 52.8 Å². The Labute approximate surface area is 151 Å². The molecule has 2 aromatic carbocycles. The lowest BCUT2D eigenvalue weighted by atomic mass is 10.1. The first-order valence-corrected chi connectivity index (χ1v) is 9.03. The molecule has 4 heteroatoms. The SMILES string of the molecule is Cc1ccc(C(=O)N2CCN(Cc3ccccc3)CC2)cc1I. The van der Waals surface area contributed by atoms with Crippen molar-refractivity contribution in [3.63, 3.8) is 0 Å². The molecule has 0 N–H and O–H groups in total. The monoisotopic (exact) mass is 420 g/mol. The summed E-state index contributed by atoms with van der Waals surface area (Å²) in [6.45, 7) is 6.50. The van der Waals surface area contributed by atoms with E-state index in [-0.39, 0.29) is 5.91 Å². The maximum atomic E-state index is 12.6. The molecule has 1 aliphatic rings. The fourth-order valence-electron chi connectivity index (χ4n) is 2.86. The first kappa shape index (κ1) is 16.5. The van der Waals surface area contributed by atoms with Crippen LogP contribution in [0.5, 0.6) is 0 Å². The molecule has 3 rings (SSSR count). The first-order valence-electron chi connectivity index (χ1n) is 7.95. The predicted octanol–water partition coefficient (Wildman–Crippen LogP) is 3.56. The third kappa shape index (κ3) is 4.12. The summed E-state index contributed by atoms with van der Waals surface area (Å²) >= 11 is 2.29. The van der Waals surface area contributed by atoms with Gasteiger partial charge < -0.3 is 4.90 Å². The van der Waals surface area contributed by atoms with Gasteiger partial charge in [0.05, 0.1) is 0 Å². The minimum absolute atomic E-state index is 0.155. The Hall–Kier alpha value is -1.40. The van der Waals surface area contributed by atoms with Crippen molar-refractivity contribution in [3.05, 3.63) is 68.8 Å². The number of amides is 1. The van der Waals surface area contributed by atoms with Gasteiger partial charge >= 0.3 is 0 Å². The number of carbonyl (C=O) groups excluding carboxylic acids is 1. The summed E-state index contributed by atoms with van der Waals surface area (Å²) in [7, 11) is 0. The van der Waals surface area contributed by atoms with Crippen molar-refractivity contribution in [1.29, 1.82) is 0 Å². The van der Waals surface area contributed by atoms with Crippen molar-refractivity contribution in [2.75, 3.05) is 26.2 Å². The second-order valence-electron chi connectivity index (χ2n) is 6.02. The molecule has 0 atom stereocenters. The van der Waals surface area contributed by atoms with E-state index in [1.54, 1.807) is 0 Å². The van der Waals surface area contributed by atoms with E-state index in [4.69, 9.17) is 0 Å². The van der Waals surface area contributed by atoms with Crippen LogP contribution in [0.3, 0.4) is 0 Å². The molecular weight excluding hydrogens is 399 g/mol. The van der Waals surface area contributed by atoms with Gasteiger partial charge in [-0.2, -0.15) is 0 Å². The molecule has 2 aromatic rings. The zero-order valence-corrected chi connectivity index (χ0v) is 15.5. The maximum Gasteiger partial charge on any atom is 0.253 e. The molecular formula is C19H21IN2O. The van der Waals surface area contributed by atoms with Crippen molar-refractivity contribution >= 4 is 28.5 Å². The van der Waals surface area contributed by atoms with E-state index in [9.17, 15) is 4.79 Å². The smallest absolute Gasteiger partial charge is 0.253 e. The second-order valence-corrected chi connectivity index (χ2v) is 7.18. The van der Waals surface area contributed by atoms with Gasteiger partial charge in [-0.3, -0.25) is 9.69 Å². The Kier molecular flexibility index (Phi) is 5.33. The number of carbonyl (C=O) groups is 1. The van der Waals surface area contributed by atoms with Crippen LogP contribution >= 0.6 is 22.6 Å². The van der Waals surface area contributed by atoms with E-state index in [2.05, 4.69) is 58.7 Å². The van der Waals surface area contributed by atoms with Crippen LogP contribution in [0.25, 0.3) is 0 Å². The van der Waals surface area contributed by atoms with Crippen molar-refractivity contribution in [2.24, 2.45) is 0 Å². The molecule has 1 amide bonds. The minimum Gasteiger partial charge on any atom is -0.336 e. The standard InChI is InChI=1S/C19H21IN2O/c1-15-7-8-17(13-18(15)20)19(23)22-11-9-21(10-12-22)14-16-5-3-2-4-6-16/h2-8,13H,9-12,14H2,1H3. The molecule has 3 nitrogen and oxygen atoms in total. The second kappa shape index (κ2) is 7.45. The summed E-state index contributed by atoms with van der Waals surface area (Å²) in [6.07, 6.45) is 0. The number of piperazine rings is 1. The van der Waals surface area contributed by atoms with Gasteiger partial charge in [0, 0.05) is 41.9 Å². The normalized spacial score (nSPS) is 15.7. The van der Waals surface area contributed by atoms with Crippen LogP contribution in [0, 0.1) is 10.5 Å². The number of hydrogen-bond acceptors (Lipinski definition) is 2. The highest BCUT2D eigenvalue weighted by molar-refractivity contribution is 14.1. The highest BCUT2D eigenvalue weighted by Crippen LogP contribution is 2.16. The molecule has 0 aromatic heterocycles. The van der Waals surface area contributed by atoms with Crippen molar-refractivity contribution < 1.29 is 4.79 Å². The number of aryl methyl sites for hydroxylation is 1. The lowest BCUT2D eigenvalue weighted by Crippen LogP contribution is -2.48. The summed E-state index contributed by atoms with van der Waals surface area (Å²) < 4.78 is 1.15. The molecule has 1 saturated heterocycles. The Morgan fingerprint density at radius 3 is 2.39 bits per heavy atom. The van der Waals surface area contributed by atoms with Crippen LogP contribution in [-0.2, 0) is 6.54 Å². The molecule has 120 valence electrons. The molecule has 0 spiro atoms. The fraction of sp³-hybridized carbons (Fsp3) is 0.316. The summed E-state index contributed by atoms with van der Waals surface area (Å²) in [5.41, 5.74) is 3.35. The van der Waals surface area contributed by atoms with E-state index in [0.717, 1.165) is 41.9 Å². The Morgan fingerprint density at radius 1 is 1.04 bits per heavy atom. The molecule has 0 bridgehead atoms. The maximum absolute atomic E-state index is 12.6. The quantitative estimate of drug-likeness (QED) is 0.710. The minimum atomic E-state index is 0.155. The molecule has 0 unspecified atom stereocenters. The van der Waals surface area contributed by atoms with Crippen molar-refractivity contribution in [1.82, 2.24) is 9.80 Å². The lowest BCUT2D eigenvalue weighted by molar-refractivity contribution is 0.0628. The Bertz CT molecular complexity index is 679. The first-order chi connectivity index (χ1) is 11.1. The van der Waals surface area contributed by atoms with E-state index < -0.39 is 0 Å². The van der Waals surface area contributed by atoms with Gasteiger partial charge in [-0.1, -0.05) is 36.4 Å². The van der Waals surface area contributed by atoms with Gasteiger partial charge in [-0.25, -0.2) is 0 Å². The number of benzene rings is 2. The van der Waals surface area contributed by atoms with Gasteiger partial charge in [0.25, 0.3) is 5.91 Å².